The van der Waals surface area contributed by atoms with Crippen molar-refractivity contribution in [3.63, 3.8) is 0 Å². The summed E-state index contributed by atoms with van der Waals surface area (Å²) < 4.78 is 10.5. The standard InChI is InChI=1S/C23H30N2O4/c1-6-28-23(27)24-17-9-7-10-18(13-17)29-14-21(26)25-22-19(15(2)3)11-8-12-20(22)16(4)5/h7-13,15-16H,6,14H2,1-5H3,(H,24,27)(H,25,26). The smallest absolute Gasteiger partial charge is 0.411 e. The molecule has 0 fully saturated rings. The van der Waals surface area contributed by atoms with E-state index in [1.807, 2.05) is 18.2 Å². The molecule has 2 aromatic carbocycles. The van der Waals surface area contributed by atoms with E-state index in [1.54, 1.807) is 31.2 Å². The van der Waals surface area contributed by atoms with Crippen molar-refractivity contribution in [2.75, 3.05) is 23.8 Å². The Morgan fingerprint density at radius 3 is 2.14 bits per heavy atom. The first-order valence-electron chi connectivity index (χ1n) is 9.91. The highest BCUT2D eigenvalue weighted by Crippen LogP contribution is 2.32. The summed E-state index contributed by atoms with van der Waals surface area (Å²) in [5.41, 5.74) is 3.60. The number of benzene rings is 2. The average molecular weight is 399 g/mol. The zero-order chi connectivity index (χ0) is 21.4. The molecule has 0 aliphatic heterocycles. The first-order chi connectivity index (χ1) is 13.8. The van der Waals surface area contributed by atoms with Crippen LogP contribution < -0.4 is 15.4 Å². The molecule has 2 rings (SSSR count). The van der Waals surface area contributed by atoms with Gasteiger partial charge in [0, 0.05) is 17.4 Å². The molecule has 2 N–H and O–H groups in total. The predicted molar refractivity (Wildman–Crippen MR) is 116 cm³/mol. The first kappa shape index (κ1) is 22.3. The topological polar surface area (TPSA) is 76.7 Å². The maximum atomic E-state index is 12.6. The minimum absolute atomic E-state index is 0.132. The third-order valence-electron chi connectivity index (χ3n) is 4.36. The Morgan fingerprint density at radius 1 is 0.931 bits per heavy atom. The number of anilines is 2. The SMILES string of the molecule is CCOC(=O)Nc1cccc(OCC(=O)Nc2c(C(C)C)cccc2C(C)C)c1. The predicted octanol–water partition coefficient (Wildman–Crippen LogP) is 5.52. The molecule has 0 heterocycles. The molecule has 0 aliphatic rings. The Labute approximate surface area is 172 Å². The van der Waals surface area contributed by atoms with Gasteiger partial charge in [-0.05, 0) is 42.0 Å². The van der Waals surface area contributed by atoms with E-state index >= 15 is 0 Å². The lowest BCUT2D eigenvalue weighted by molar-refractivity contribution is -0.118. The van der Waals surface area contributed by atoms with Crippen molar-refractivity contribution >= 4 is 23.4 Å². The van der Waals surface area contributed by atoms with E-state index in [4.69, 9.17) is 9.47 Å². The second-order valence-electron chi connectivity index (χ2n) is 7.33. The molecule has 0 radical (unpaired) electrons. The maximum absolute atomic E-state index is 12.6. The van der Waals surface area contributed by atoms with Crippen LogP contribution in [-0.4, -0.2) is 25.2 Å². The van der Waals surface area contributed by atoms with Gasteiger partial charge in [0.1, 0.15) is 5.75 Å². The van der Waals surface area contributed by atoms with Crippen molar-refractivity contribution in [3.05, 3.63) is 53.6 Å². The molecule has 0 aliphatic carbocycles. The molecule has 0 saturated heterocycles. The van der Waals surface area contributed by atoms with Crippen LogP contribution in [0.1, 0.15) is 57.6 Å². The Kier molecular flexibility index (Phi) is 8.07. The fourth-order valence-electron chi connectivity index (χ4n) is 2.97. The first-order valence-corrected chi connectivity index (χ1v) is 9.91. The molecule has 0 unspecified atom stereocenters. The number of para-hydroxylation sites is 1. The summed E-state index contributed by atoms with van der Waals surface area (Å²) in [5, 5.41) is 5.63. The largest absolute Gasteiger partial charge is 0.484 e. The lowest BCUT2D eigenvalue weighted by Crippen LogP contribution is -2.22. The lowest BCUT2D eigenvalue weighted by atomic mass is 9.92. The summed E-state index contributed by atoms with van der Waals surface area (Å²) in [6, 6.07) is 12.9. The molecule has 6 nitrogen and oxygen atoms in total. The van der Waals surface area contributed by atoms with Crippen LogP contribution in [0.5, 0.6) is 5.75 Å². The average Bonchev–Trinajstić information content (AvgIpc) is 2.66. The van der Waals surface area contributed by atoms with Gasteiger partial charge in [-0.1, -0.05) is 52.0 Å². The third-order valence-corrected chi connectivity index (χ3v) is 4.36. The van der Waals surface area contributed by atoms with Crippen molar-refractivity contribution in [1.29, 1.82) is 0 Å². The van der Waals surface area contributed by atoms with E-state index in [0.717, 1.165) is 16.8 Å². The summed E-state index contributed by atoms with van der Waals surface area (Å²) in [7, 11) is 0. The van der Waals surface area contributed by atoms with Crippen molar-refractivity contribution < 1.29 is 19.1 Å². The van der Waals surface area contributed by atoms with Gasteiger partial charge < -0.3 is 14.8 Å². The number of nitrogens with one attached hydrogen (secondary N) is 2. The summed E-state index contributed by atoms with van der Waals surface area (Å²) in [6.07, 6.45) is -0.533. The normalized spacial score (nSPS) is 10.7. The second-order valence-corrected chi connectivity index (χ2v) is 7.33. The van der Waals surface area contributed by atoms with Gasteiger partial charge in [0.05, 0.1) is 6.61 Å². The Balaban J connectivity index is 2.05. The van der Waals surface area contributed by atoms with E-state index < -0.39 is 6.09 Å². The molecular weight excluding hydrogens is 368 g/mol. The number of carbonyl (C=O) groups excluding carboxylic acids is 2. The van der Waals surface area contributed by atoms with Crippen molar-refractivity contribution in [3.8, 4) is 5.75 Å². The molecule has 2 aromatic rings. The van der Waals surface area contributed by atoms with E-state index in [9.17, 15) is 9.59 Å². The van der Waals surface area contributed by atoms with Gasteiger partial charge in [-0.2, -0.15) is 0 Å². The highest BCUT2D eigenvalue weighted by molar-refractivity contribution is 5.93. The molecule has 29 heavy (non-hydrogen) atoms. The van der Waals surface area contributed by atoms with Crippen LogP contribution >= 0.6 is 0 Å². The van der Waals surface area contributed by atoms with E-state index in [2.05, 4.69) is 38.3 Å². The number of ether oxygens (including phenoxy) is 2. The Hall–Kier alpha value is -3.02. The quantitative estimate of drug-likeness (QED) is 0.614. The summed E-state index contributed by atoms with van der Waals surface area (Å²) in [4.78, 5) is 24.1. The van der Waals surface area contributed by atoms with Crippen LogP contribution in [0.2, 0.25) is 0 Å². The molecule has 6 heteroatoms. The van der Waals surface area contributed by atoms with Crippen molar-refractivity contribution in [2.45, 2.75) is 46.5 Å². The molecule has 0 saturated carbocycles. The maximum Gasteiger partial charge on any atom is 0.411 e. The van der Waals surface area contributed by atoms with Crippen molar-refractivity contribution in [1.82, 2.24) is 0 Å². The molecule has 156 valence electrons. The number of hydrogen-bond donors (Lipinski definition) is 2. The summed E-state index contributed by atoms with van der Waals surface area (Å²) in [5.74, 6) is 0.825. The lowest BCUT2D eigenvalue weighted by Gasteiger charge is -2.20. The second kappa shape index (κ2) is 10.5. The fraction of sp³-hybridized carbons (Fsp3) is 0.391. The van der Waals surface area contributed by atoms with Crippen LogP contribution in [0.3, 0.4) is 0 Å². The number of hydrogen-bond acceptors (Lipinski definition) is 4. The van der Waals surface area contributed by atoms with Crippen LogP contribution in [0.25, 0.3) is 0 Å². The fourth-order valence-corrected chi connectivity index (χ4v) is 2.97. The Bertz CT molecular complexity index is 820. The molecule has 0 atom stereocenters. The minimum atomic E-state index is -0.533. The number of rotatable bonds is 8. The molecule has 0 aromatic heterocycles. The Morgan fingerprint density at radius 2 is 1.55 bits per heavy atom. The van der Waals surface area contributed by atoms with Gasteiger partial charge in [0.25, 0.3) is 5.91 Å². The van der Waals surface area contributed by atoms with E-state index in [1.165, 1.54) is 0 Å². The number of carbonyl (C=O) groups is 2. The van der Waals surface area contributed by atoms with Crippen LogP contribution in [0.15, 0.2) is 42.5 Å². The van der Waals surface area contributed by atoms with Crippen LogP contribution in [0, 0.1) is 0 Å². The van der Waals surface area contributed by atoms with Gasteiger partial charge in [-0.15, -0.1) is 0 Å². The minimum Gasteiger partial charge on any atom is -0.484 e. The summed E-state index contributed by atoms with van der Waals surface area (Å²) >= 11 is 0. The molecule has 2 amide bonds. The molecular formula is C23H30N2O4. The van der Waals surface area contributed by atoms with Gasteiger partial charge in [-0.3, -0.25) is 10.1 Å². The van der Waals surface area contributed by atoms with Gasteiger partial charge in [0.2, 0.25) is 0 Å². The molecule has 0 spiro atoms. The van der Waals surface area contributed by atoms with E-state index in [-0.39, 0.29) is 24.3 Å². The highest BCUT2D eigenvalue weighted by atomic mass is 16.5. The van der Waals surface area contributed by atoms with Crippen molar-refractivity contribution in [2.24, 2.45) is 0 Å². The zero-order valence-corrected chi connectivity index (χ0v) is 17.7. The molecule has 0 bridgehead atoms. The van der Waals surface area contributed by atoms with Gasteiger partial charge >= 0.3 is 6.09 Å². The van der Waals surface area contributed by atoms with Crippen LogP contribution in [0.4, 0.5) is 16.2 Å². The monoisotopic (exact) mass is 398 g/mol. The highest BCUT2D eigenvalue weighted by Gasteiger charge is 2.16. The number of amides is 2. The summed E-state index contributed by atoms with van der Waals surface area (Å²) in [6.45, 7) is 10.3. The van der Waals surface area contributed by atoms with E-state index in [0.29, 0.717) is 18.0 Å². The van der Waals surface area contributed by atoms with Gasteiger partial charge in [-0.25, -0.2) is 4.79 Å². The third kappa shape index (κ3) is 6.52. The van der Waals surface area contributed by atoms with Gasteiger partial charge in [0.15, 0.2) is 6.61 Å². The zero-order valence-electron chi connectivity index (χ0n) is 17.7. The van der Waals surface area contributed by atoms with Crippen LogP contribution in [-0.2, 0) is 9.53 Å².